The number of carboxylic acid groups (broad SMARTS) is 2. The van der Waals surface area contributed by atoms with Crippen LogP contribution in [0.15, 0.2) is 0 Å². The Balaban J connectivity index is 2.46. The van der Waals surface area contributed by atoms with Gasteiger partial charge in [-0.05, 0) is 42.9 Å². The molecule has 0 radical (unpaired) electrons. The summed E-state index contributed by atoms with van der Waals surface area (Å²) in [6.45, 7) is 6.99. The zero-order valence-corrected chi connectivity index (χ0v) is 12.8. The van der Waals surface area contributed by atoms with Crippen molar-refractivity contribution in [3.63, 3.8) is 0 Å². The molecule has 0 heterocycles. The number of carboxylic acids is 2. The van der Waals surface area contributed by atoms with Crippen molar-refractivity contribution < 1.29 is 19.8 Å². The van der Waals surface area contributed by atoms with Crippen LogP contribution in [-0.2, 0) is 9.59 Å². The van der Waals surface area contributed by atoms with Gasteiger partial charge in [0.2, 0.25) is 0 Å². The van der Waals surface area contributed by atoms with Crippen LogP contribution in [0, 0.1) is 17.3 Å². The molecule has 1 fully saturated rings. The molecule has 5 heteroatoms. The zero-order valence-electron chi connectivity index (χ0n) is 12.8. The minimum atomic E-state index is -0.963. The number of carbonyl (C=O) groups is 2. The van der Waals surface area contributed by atoms with Crippen LogP contribution < -0.4 is 0 Å². The molecule has 1 rings (SSSR count). The van der Waals surface area contributed by atoms with Crippen LogP contribution in [0.25, 0.3) is 0 Å². The van der Waals surface area contributed by atoms with Crippen LogP contribution in [0.3, 0.4) is 0 Å². The Morgan fingerprint density at radius 2 is 1.45 bits per heavy atom. The monoisotopic (exact) mass is 285 g/mol. The third-order valence-electron chi connectivity index (χ3n) is 4.31. The van der Waals surface area contributed by atoms with Gasteiger partial charge in [0.1, 0.15) is 0 Å². The van der Waals surface area contributed by atoms with Gasteiger partial charge >= 0.3 is 11.9 Å². The number of nitrogens with zero attached hydrogens (tertiary/aromatic N) is 1. The average molecular weight is 285 g/mol. The lowest BCUT2D eigenvalue weighted by atomic mass is 9.70. The number of hydrogen-bond donors (Lipinski definition) is 2. The summed E-state index contributed by atoms with van der Waals surface area (Å²) in [5, 5.41) is 17.7. The molecule has 0 aromatic heterocycles. The van der Waals surface area contributed by atoms with E-state index in [0.717, 1.165) is 25.7 Å². The Kier molecular flexibility index (Phi) is 5.99. The number of hydrogen-bond acceptors (Lipinski definition) is 3. The summed E-state index contributed by atoms with van der Waals surface area (Å²) in [6, 6.07) is 0. The summed E-state index contributed by atoms with van der Waals surface area (Å²) >= 11 is 0. The first-order chi connectivity index (χ1) is 9.18. The molecule has 1 saturated carbocycles. The van der Waals surface area contributed by atoms with Crippen LogP contribution in [0.2, 0.25) is 0 Å². The highest BCUT2D eigenvalue weighted by Gasteiger charge is 2.30. The smallest absolute Gasteiger partial charge is 0.317 e. The topological polar surface area (TPSA) is 77.8 Å². The maximum absolute atomic E-state index is 10.8. The lowest BCUT2D eigenvalue weighted by molar-refractivity contribution is -0.142. The summed E-state index contributed by atoms with van der Waals surface area (Å²) in [6.07, 6.45) is 4.44. The van der Waals surface area contributed by atoms with E-state index in [2.05, 4.69) is 20.8 Å². The van der Waals surface area contributed by atoms with Crippen molar-refractivity contribution in [1.29, 1.82) is 0 Å². The second kappa shape index (κ2) is 7.07. The van der Waals surface area contributed by atoms with E-state index in [1.807, 2.05) is 0 Å². The van der Waals surface area contributed by atoms with Gasteiger partial charge in [-0.25, -0.2) is 0 Å². The van der Waals surface area contributed by atoms with E-state index < -0.39 is 11.9 Å². The third kappa shape index (κ3) is 5.90. The van der Waals surface area contributed by atoms with Crippen molar-refractivity contribution in [3.05, 3.63) is 0 Å². The molecular formula is C15H27NO4. The van der Waals surface area contributed by atoms with Gasteiger partial charge < -0.3 is 10.2 Å². The minimum Gasteiger partial charge on any atom is -0.480 e. The number of rotatable bonds is 6. The molecule has 0 aliphatic heterocycles. The number of aliphatic carboxylic acids is 2. The Bertz CT molecular complexity index is 324. The second-order valence-corrected chi connectivity index (χ2v) is 7.04. The van der Waals surface area contributed by atoms with Gasteiger partial charge in [0.25, 0.3) is 0 Å². The van der Waals surface area contributed by atoms with Gasteiger partial charge in [0.15, 0.2) is 0 Å². The predicted molar refractivity (Wildman–Crippen MR) is 76.6 cm³/mol. The van der Waals surface area contributed by atoms with E-state index in [-0.39, 0.29) is 13.1 Å². The maximum atomic E-state index is 10.8. The largest absolute Gasteiger partial charge is 0.480 e. The van der Waals surface area contributed by atoms with E-state index in [1.54, 1.807) is 0 Å². The van der Waals surface area contributed by atoms with E-state index in [0.29, 0.717) is 23.8 Å². The first-order valence-corrected chi connectivity index (χ1v) is 7.34. The van der Waals surface area contributed by atoms with Crippen molar-refractivity contribution >= 4 is 11.9 Å². The van der Waals surface area contributed by atoms with Crippen LogP contribution >= 0.6 is 0 Å². The summed E-state index contributed by atoms with van der Waals surface area (Å²) in [4.78, 5) is 23.1. The maximum Gasteiger partial charge on any atom is 0.317 e. The fourth-order valence-corrected chi connectivity index (χ4v) is 3.14. The van der Waals surface area contributed by atoms with Crippen LogP contribution in [0.5, 0.6) is 0 Å². The molecule has 116 valence electrons. The Morgan fingerprint density at radius 1 is 1.00 bits per heavy atom. The molecule has 0 spiro atoms. The van der Waals surface area contributed by atoms with Crippen LogP contribution in [0.4, 0.5) is 0 Å². The lowest BCUT2D eigenvalue weighted by Crippen LogP contribution is -2.39. The molecule has 1 aliphatic rings. The highest BCUT2D eigenvalue weighted by Crippen LogP contribution is 2.39. The van der Waals surface area contributed by atoms with E-state index in [4.69, 9.17) is 10.2 Å². The van der Waals surface area contributed by atoms with E-state index in [1.165, 1.54) is 4.90 Å². The molecule has 2 N–H and O–H groups in total. The van der Waals surface area contributed by atoms with Gasteiger partial charge in [-0.3, -0.25) is 14.5 Å². The summed E-state index contributed by atoms with van der Waals surface area (Å²) in [7, 11) is 0. The van der Waals surface area contributed by atoms with Gasteiger partial charge in [-0.15, -0.1) is 0 Å². The Labute approximate surface area is 121 Å². The van der Waals surface area contributed by atoms with E-state index >= 15 is 0 Å². The molecule has 20 heavy (non-hydrogen) atoms. The fourth-order valence-electron chi connectivity index (χ4n) is 3.14. The van der Waals surface area contributed by atoms with Crippen LogP contribution in [-0.4, -0.2) is 46.7 Å². The highest BCUT2D eigenvalue weighted by molar-refractivity contribution is 5.72. The van der Waals surface area contributed by atoms with Crippen LogP contribution in [0.1, 0.15) is 46.5 Å². The van der Waals surface area contributed by atoms with Gasteiger partial charge in [-0.1, -0.05) is 20.8 Å². The standard InChI is InChI=1S/C15H27NO4/c1-15(2,3)12-6-4-11(5-7-12)8-16(9-13(17)18)10-14(19)20/h11-12H,4-10H2,1-3H3,(H,17,18)(H,19,20). The molecule has 5 nitrogen and oxygen atoms in total. The third-order valence-corrected chi connectivity index (χ3v) is 4.31. The molecule has 0 amide bonds. The SMILES string of the molecule is CC(C)(C)C1CCC(CN(CC(=O)O)CC(=O)O)CC1. The summed E-state index contributed by atoms with van der Waals surface area (Å²) < 4.78 is 0. The minimum absolute atomic E-state index is 0.189. The quantitative estimate of drug-likeness (QED) is 0.783. The first kappa shape index (κ1) is 17.0. The molecule has 0 aromatic rings. The molecule has 0 bridgehead atoms. The molecule has 0 unspecified atom stereocenters. The lowest BCUT2D eigenvalue weighted by Gasteiger charge is -2.38. The molecule has 1 aliphatic carbocycles. The highest BCUT2D eigenvalue weighted by atomic mass is 16.4. The molecular weight excluding hydrogens is 258 g/mol. The molecule has 0 aromatic carbocycles. The summed E-state index contributed by atoms with van der Waals surface area (Å²) in [5.41, 5.74) is 0.326. The van der Waals surface area contributed by atoms with Crippen molar-refractivity contribution in [3.8, 4) is 0 Å². The van der Waals surface area contributed by atoms with Crippen molar-refractivity contribution in [1.82, 2.24) is 4.90 Å². The second-order valence-electron chi connectivity index (χ2n) is 7.04. The Morgan fingerprint density at radius 3 is 1.80 bits per heavy atom. The average Bonchev–Trinajstić information content (AvgIpc) is 2.26. The fraction of sp³-hybridized carbons (Fsp3) is 0.867. The van der Waals surface area contributed by atoms with Gasteiger partial charge in [-0.2, -0.15) is 0 Å². The molecule has 0 atom stereocenters. The first-order valence-electron chi connectivity index (χ1n) is 7.34. The normalized spacial score (nSPS) is 23.8. The zero-order chi connectivity index (χ0) is 15.3. The van der Waals surface area contributed by atoms with Crippen molar-refractivity contribution in [2.75, 3.05) is 19.6 Å². The predicted octanol–water partition coefficient (Wildman–Crippen LogP) is 2.31. The van der Waals surface area contributed by atoms with Gasteiger partial charge in [0.05, 0.1) is 13.1 Å². The Hall–Kier alpha value is -1.10. The van der Waals surface area contributed by atoms with Gasteiger partial charge in [0, 0.05) is 6.54 Å². The molecule has 0 saturated heterocycles. The van der Waals surface area contributed by atoms with Crippen molar-refractivity contribution in [2.45, 2.75) is 46.5 Å². The van der Waals surface area contributed by atoms with E-state index in [9.17, 15) is 9.59 Å². The van der Waals surface area contributed by atoms with Crippen molar-refractivity contribution in [2.24, 2.45) is 17.3 Å². The summed E-state index contributed by atoms with van der Waals surface area (Å²) in [5.74, 6) is -0.789.